The SMILES string of the molecule is Fc1cc(Br)cnc1Sc1nnnn1C1CCCC1. The molecular weight excluding hydrogens is 333 g/mol. The average molecular weight is 344 g/mol. The highest BCUT2D eigenvalue weighted by Gasteiger charge is 2.22. The van der Waals surface area contributed by atoms with Gasteiger partial charge in [0.15, 0.2) is 5.82 Å². The second-order valence-corrected chi connectivity index (χ2v) is 6.26. The molecule has 0 atom stereocenters. The van der Waals surface area contributed by atoms with Crippen molar-refractivity contribution in [1.82, 2.24) is 25.2 Å². The molecular formula is C11H11BrFN5S. The summed E-state index contributed by atoms with van der Waals surface area (Å²) in [5.74, 6) is -0.375. The zero-order chi connectivity index (χ0) is 13.2. The first-order chi connectivity index (χ1) is 9.24. The lowest BCUT2D eigenvalue weighted by Gasteiger charge is -2.10. The van der Waals surface area contributed by atoms with Gasteiger partial charge in [-0.3, -0.25) is 0 Å². The van der Waals surface area contributed by atoms with E-state index >= 15 is 0 Å². The Labute approximate surface area is 122 Å². The lowest BCUT2D eigenvalue weighted by atomic mass is 10.3. The number of aromatic nitrogens is 5. The summed E-state index contributed by atoms with van der Waals surface area (Å²) in [6.45, 7) is 0. The molecule has 0 aliphatic heterocycles. The highest BCUT2D eigenvalue weighted by molar-refractivity contribution is 9.10. The normalized spacial score (nSPS) is 16.1. The van der Waals surface area contributed by atoms with Crippen molar-refractivity contribution in [2.24, 2.45) is 0 Å². The zero-order valence-electron chi connectivity index (χ0n) is 9.96. The maximum atomic E-state index is 13.8. The van der Waals surface area contributed by atoms with Gasteiger partial charge in [0.1, 0.15) is 5.03 Å². The van der Waals surface area contributed by atoms with Crippen LogP contribution in [0.2, 0.25) is 0 Å². The first-order valence-electron chi connectivity index (χ1n) is 6.01. The van der Waals surface area contributed by atoms with E-state index in [1.54, 1.807) is 10.9 Å². The summed E-state index contributed by atoms with van der Waals surface area (Å²) < 4.78 is 16.2. The first-order valence-corrected chi connectivity index (χ1v) is 7.62. The fraction of sp³-hybridized carbons (Fsp3) is 0.455. The van der Waals surface area contributed by atoms with Gasteiger partial charge in [0.05, 0.1) is 6.04 Å². The summed E-state index contributed by atoms with van der Waals surface area (Å²) in [7, 11) is 0. The van der Waals surface area contributed by atoms with Crippen molar-refractivity contribution in [3.05, 3.63) is 22.6 Å². The van der Waals surface area contributed by atoms with Gasteiger partial charge in [0, 0.05) is 10.7 Å². The highest BCUT2D eigenvalue weighted by atomic mass is 79.9. The van der Waals surface area contributed by atoms with Crippen molar-refractivity contribution in [3.8, 4) is 0 Å². The van der Waals surface area contributed by atoms with E-state index in [4.69, 9.17) is 0 Å². The molecule has 3 rings (SSSR count). The molecule has 5 nitrogen and oxygen atoms in total. The standard InChI is InChI=1S/C11H11BrFN5S/c12-7-5-9(13)10(14-6-7)19-11-15-16-17-18(11)8-3-1-2-4-8/h5-6,8H,1-4H2. The van der Waals surface area contributed by atoms with E-state index in [-0.39, 0.29) is 10.8 Å². The van der Waals surface area contributed by atoms with Gasteiger partial charge < -0.3 is 0 Å². The summed E-state index contributed by atoms with van der Waals surface area (Å²) in [6.07, 6.45) is 6.11. The molecule has 0 amide bonds. The van der Waals surface area contributed by atoms with Crippen LogP contribution in [0.25, 0.3) is 0 Å². The predicted octanol–water partition coefficient (Wildman–Crippen LogP) is 3.24. The third kappa shape index (κ3) is 2.79. The Bertz CT molecular complexity index is 584. The molecule has 0 unspecified atom stereocenters. The van der Waals surface area contributed by atoms with Crippen LogP contribution in [0.4, 0.5) is 4.39 Å². The molecule has 0 N–H and O–H groups in total. The number of halogens is 2. The average Bonchev–Trinajstić information content (AvgIpc) is 3.03. The van der Waals surface area contributed by atoms with E-state index in [9.17, 15) is 4.39 Å². The van der Waals surface area contributed by atoms with Gasteiger partial charge in [-0.15, -0.1) is 5.10 Å². The molecule has 1 saturated carbocycles. The maximum absolute atomic E-state index is 13.8. The number of hydrogen-bond acceptors (Lipinski definition) is 5. The predicted molar refractivity (Wildman–Crippen MR) is 71.3 cm³/mol. The molecule has 1 aliphatic rings. The Balaban J connectivity index is 1.85. The van der Waals surface area contributed by atoms with Crippen LogP contribution >= 0.6 is 27.7 Å². The number of tetrazole rings is 1. The fourth-order valence-corrected chi connectivity index (χ4v) is 3.29. The first kappa shape index (κ1) is 13.0. The molecule has 8 heteroatoms. The van der Waals surface area contributed by atoms with Crippen molar-refractivity contribution in [2.45, 2.75) is 41.9 Å². The lowest BCUT2D eigenvalue weighted by molar-refractivity contribution is 0.422. The van der Waals surface area contributed by atoms with Gasteiger partial charge in [-0.2, -0.15) is 0 Å². The summed E-state index contributed by atoms with van der Waals surface area (Å²) in [5.41, 5.74) is 0. The number of rotatable bonds is 3. The third-order valence-corrected chi connectivity index (χ3v) is 4.47. The quantitative estimate of drug-likeness (QED) is 0.856. The smallest absolute Gasteiger partial charge is 0.215 e. The summed E-state index contributed by atoms with van der Waals surface area (Å²) in [4.78, 5) is 4.05. The van der Waals surface area contributed by atoms with Crippen LogP contribution < -0.4 is 0 Å². The molecule has 2 aromatic heterocycles. The van der Waals surface area contributed by atoms with E-state index in [2.05, 4.69) is 36.4 Å². The largest absolute Gasteiger partial charge is 0.245 e. The molecule has 1 aliphatic carbocycles. The summed E-state index contributed by atoms with van der Waals surface area (Å²) in [5, 5.41) is 12.6. The molecule has 100 valence electrons. The maximum Gasteiger partial charge on any atom is 0.215 e. The minimum Gasteiger partial charge on any atom is -0.245 e. The van der Waals surface area contributed by atoms with Crippen LogP contribution in [0.3, 0.4) is 0 Å². The van der Waals surface area contributed by atoms with Gasteiger partial charge in [0.25, 0.3) is 0 Å². The Morgan fingerprint density at radius 3 is 2.89 bits per heavy atom. The molecule has 0 radical (unpaired) electrons. The van der Waals surface area contributed by atoms with Gasteiger partial charge in [0.2, 0.25) is 5.16 Å². The highest BCUT2D eigenvalue weighted by Crippen LogP contribution is 2.34. The van der Waals surface area contributed by atoms with Gasteiger partial charge in [-0.25, -0.2) is 14.1 Å². The molecule has 1 fully saturated rings. The van der Waals surface area contributed by atoms with Crippen LogP contribution in [0.1, 0.15) is 31.7 Å². The minimum atomic E-state index is -0.375. The number of pyridine rings is 1. The second kappa shape index (κ2) is 5.54. The molecule has 0 bridgehead atoms. The van der Waals surface area contributed by atoms with E-state index in [0.29, 0.717) is 15.7 Å². The van der Waals surface area contributed by atoms with Crippen molar-refractivity contribution in [2.75, 3.05) is 0 Å². The van der Waals surface area contributed by atoms with Crippen LogP contribution in [-0.2, 0) is 0 Å². The Kier molecular flexibility index (Phi) is 3.79. The molecule has 0 aromatic carbocycles. The monoisotopic (exact) mass is 343 g/mol. The summed E-state index contributed by atoms with van der Waals surface area (Å²) in [6, 6.07) is 1.72. The zero-order valence-corrected chi connectivity index (χ0v) is 12.4. The summed E-state index contributed by atoms with van der Waals surface area (Å²) >= 11 is 4.35. The Morgan fingerprint density at radius 2 is 2.16 bits per heavy atom. The van der Waals surface area contributed by atoms with Crippen LogP contribution in [-0.4, -0.2) is 25.2 Å². The second-order valence-electron chi connectivity index (χ2n) is 4.39. The van der Waals surface area contributed by atoms with E-state index < -0.39 is 0 Å². The Hall–Kier alpha value is -1.02. The van der Waals surface area contributed by atoms with Crippen molar-refractivity contribution in [1.29, 1.82) is 0 Å². The number of hydrogen-bond donors (Lipinski definition) is 0. The molecule has 2 heterocycles. The van der Waals surface area contributed by atoms with E-state index in [0.717, 1.165) is 24.6 Å². The molecule has 0 spiro atoms. The van der Waals surface area contributed by atoms with Gasteiger partial charge in [-0.1, -0.05) is 12.8 Å². The van der Waals surface area contributed by atoms with Gasteiger partial charge >= 0.3 is 0 Å². The topological polar surface area (TPSA) is 56.5 Å². The van der Waals surface area contributed by atoms with Crippen LogP contribution in [0.5, 0.6) is 0 Å². The van der Waals surface area contributed by atoms with Gasteiger partial charge in [-0.05, 0) is 57.0 Å². The van der Waals surface area contributed by atoms with Crippen molar-refractivity contribution >= 4 is 27.7 Å². The van der Waals surface area contributed by atoms with Crippen LogP contribution in [0.15, 0.2) is 26.9 Å². The van der Waals surface area contributed by atoms with E-state index in [1.165, 1.54) is 18.9 Å². The van der Waals surface area contributed by atoms with Crippen LogP contribution in [0, 0.1) is 5.82 Å². The molecule has 2 aromatic rings. The third-order valence-electron chi connectivity index (χ3n) is 3.10. The van der Waals surface area contributed by atoms with Crippen molar-refractivity contribution in [3.63, 3.8) is 0 Å². The Morgan fingerprint density at radius 1 is 1.37 bits per heavy atom. The molecule has 0 saturated heterocycles. The van der Waals surface area contributed by atoms with Crippen molar-refractivity contribution < 1.29 is 4.39 Å². The lowest BCUT2D eigenvalue weighted by Crippen LogP contribution is -2.08. The molecule has 19 heavy (non-hydrogen) atoms. The van der Waals surface area contributed by atoms with E-state index in [1.807, 2.05) is 0 Å². The minimum absolute atomic E-state index is 0.289. The number of nitrogens with zero attached hydrogens (tertiary/aromatic N) is 5. The fourth-order valence-electron chi connectivity index (χ4n) is 2.19.